The van der Waals surface area contributed by atoms with Crippen LogP contribution in [-0.4, -0.2) is 19.9 Å². The summed E-state index contributed by atoms with van der Waals surface area (Å²) in [4.78, 5) is 4.45. The molecule has 0 atom stereocenters. The third-order valence-electron chi connectivity index (χ3n) is 2.93. The SMILES string of the molecule is CCCc1cc(CO)cc(Oc2cnn(C(C)C)c2)n1. The first-order chi connectivity index (χ1) is 9.62. The van der Waals surface area contributed by atoms with Gasteiger partial charge in [-0.05, 0) is 31.9 Å². The van der Waals surface area contributed by atoms with E-state index in [0.717, 1.165) is 24.1 Å². The quantitative estimate of drug-likeness (QED) is 0.880. The molecule has 1 N–H and O–H groups in total. The molecule has 0 bridgehead atoms. The van der Waals surface area contributed by atoms with Crippen molar-refractivity contribution in [2.45, 2.75) is 46.3 Å². The van der Waals surface area contributed by atoms with E-state index in [9.17, 15) is 5.11 Å². The van der Waals surface area contributed by atoms with Gasteiger partial charge in [0.05, 0.1) is 19.0 Å². The lowest BCUT2D eigenvalue weighted by Gasteiger charge is -2.07. The summed E-state index contributed by atoms with van der Waals surface area (Å²) in [6.45, 7) is 6.20. The molecule has 108 valence electrons. The third-order valence-corrected chi connectivity index (χ3v) is 2.93. The summed E-state index contributed by atoms with van der Waals surface area (Å²) in [6.07, 6.45) is 5.40. The van der Waals surface area contributed by atoms with Gasteiger partial charge in [0.2, 0.25) is 5.88 Å². The highest BCUT2D eigenvalue weighted by Crippen LogP contribution is 2.22. The van der Waals surface area contributed by atoms with Crippen molar-refractivity contribution in [2.75, 3.05) is 0 Å². The normalized spacial score (nSPS) is 11.1. The van der Waals surface area contributed by atoms with Crippen LogP contribution in [0.1, 0.15) is 44.5 Å². The van der Waals surface area contributed by atoms with E-state index in [1.807, 2.05) is 16.9 Å². The molecule has 2 rings (SSSR count). The van der Waals surface area contributed by atoms with Crippen molar-refractivity contribution in [2.24, 2.45) is 0 Å². The smallest absolute Gasteiger partial charge is 0.219 e. The molecule has 5 nitrogen and oxygen atoms in total. The number of hydrogen-bond donors (Lipinski definition) is 1. The average molecular weight is 275 g/mol. The number of pyridine rings is 1. The number of aromatic nitrogens is 3. The van der Waals surface area contributed by atoms with Gasteiger partial charge in [-0.1, -0.05) is 13.3 Å². The molecular formula is C15H21N3O2. The number of hydrogen-bond acceptors (Lipinski definition) is 4. The Morgan fingerprint density at radius 2 is 2.15 bits per heavy atom. The van der Waals surface area contributed by atoms with E-state index in [1.165, 1.54) is 0 Å². The fourth-order valence-corrected chi connectivity index (χ4v) is 1.92. The molecule has 0 saturated heterocycles. The van der Waals surface area contributed by atoms with Crippen LogP contribution >= 0.6 is 0 Å². The van der Waals surface area contributed by atoms with E-state index in [0.29, 0.717) is 17.7 Å². The zero-order chi connectivity index (χ0) is 14.5. The Labute approximate surface area is 119 Å². The van der Waals surface area contributed by atoms with Gasteiger partial charge < -0.3 is 9.84 Å². The molecule has 0 aliphatic rings. The fourth-order valence-electron chi connectivity index (χ4n) is 1.92. The lowest BCUT2D eigenvalue weighted by molar-refractivity contribution is 0.280. The van der Waals surface area contributed by atoms with Gasteiger partial charge in [-0.3, -0.25) is 4.68 Å². The van der Waals surface area contributed by atoms with Gasteiger partial charge in [0.1, 0.15) is 0 Å². The van der Waals surface area contributed by atoms with Gasteiger partial charge in [-0.25, -0.2) is 4.98 Å². The summed E-state index contributed by atoms with van der Waals surface area (Å²) < 4.78 is 7.56. The van der Waals surface area contributed by atoms with Gasteiger partial charge >= 0.3 is 0 Å². The summed E-state index contributed by atoms with van der Waals surface area (Å²) in [5, 5.41) is 13.5. The van der Waals surface area contributed by atoms with Crippen LogP contribution in [-0.2, 0) is 13.0 Å². The van der Waals surface area contributed by atoms with Crippen molar-refractivity contribution in [1.82, 2.24) is 14.8 Å². The zero-order valence-corrected chi connectivity index (χ0v) is 12.2. The molecule has 0 unspecified atom stereocenters. The highest BCUT2D eigenvalue weighted by Gasteiger charge is 2.07. The van der Waals surface area contributed by atoms with Crippen LogP contribution in [0.3, 0.4) is 0 Å². The number of aliphatic hydroxyl groups is 1. The second-order valence-electron chi connectivity index (χ2n) is 5.06. The molecule has 2 aromatic heterocycles. The van der Waals surface area contributed by atoms with E-state index in [-0.39, 0.29) is 6.61 Å². The van der Waals surface area contributed by atoms with Crippen molar-refractivity contribution in [3.63, 3.8) is 0 Å². The first-order valence-corrected chi connectivity index (χ1v) is 6.95. The van der Waals surface area contributed by atoms with Gasteiger partial charge in [-0.2, -0.15) is 5.10 Å². The molecule has 2 aromatic rings. The third kappa shape index (κ3) is 3.57. The standard InChI is InChI=1S/C15H21N3O2/c1-4-5-13-6-12(10-19)7-15(17-13)20-14-8-16-18(9-14)11(2)3/h6-9,11,19H,4-5,10H2,1-3H3. The predicted molar refractivity (Wildman–Crippen MR) is 76.8 cm³/mol. The second-order valence-corrected chi connectivity index (χ2v) is 5.06. The molecular weight excluding hydrogens is 254 g/mol. The fraction of sp³-hybridized carbons (Fsp3) is 0.467. The average Bonchev–Trinajstić information content (AvgIpc) is 2.87. The summed E-state index contributed by atoms with van der Waals surface area (Å²) >= 11 is 0. The molecule has 0 radical (unpaired) electrons. The molecule has 0 amide bonds. The lowest BCUT2D eigenvalue weighted by atomic mass is 10.2. The van der Waals surface area contributed by atoms with Crippen LogP contribution in [0.5, 0.6) is 11.6 Å². The topological polar surface area (TPSA) is 60.2 Å². The number of ether oxygens (including phenoxy) is 1. The molecule has 5 heteroatoms. The summed E-state index contributed by atoms with van der Waals surface area (Å²) in [6, 6.07) is 3.96. The summed E-state index contributed by atoms with van der Waals surface area (Å²) in [5.41, 5.74) is 1.75. The molecule has 2 heterocycles. The van der Waals surface area contributed by atoms with E-state index in [2.05, 4.69) is 30.9 Å². The molecule has 0 aliphatic carbocycles. The van der Waals surface area contributed by atoms with Crippen LogP contribution in [0.25, 0.3) is 0 Å². The Morgan fingerprint density at radius 3 is 2.75 bits per heavy atom. The highest BCUT2D eigenvalue weighted by molar-refractivity contribution is 5.28. The highest BCUT2D eigenvalue weighted by atomic mass is 16.5. The largest absolute Gasteiger partial charge is 0.436 e. The van der Waals surface area contributed by atoms with E-state index in [1.54, 1.807) is 12.3 Å². The number of aryl methyl sites for hydroxylation is 1. The maximum atomic E-state index is 9.30. The van der Waals surface area contributed by atoms with Crippen molar-refractivity contribution < 1.29 is 9.84 Å². The van der Waals surface area contributed by atoms with Crippen molar-refractivity contribution in [3.8, 4) is 11.6 Å². The van der Waals surface area contributed by atoms with Crippen molar-refractivity contribution >= 4 is 0 Å². The van der Waals surface area contributed by atoms with E-state index >= 15 is 0 Å². The summed E-state index contributed by atoms with van der Waals surface area (Å²) in [5.74, 6) is 1.16. The molecule has 0 fully saturated rings. The van der Waals surface area contributed by atoms with Gasteiger partial charge in [0.15, 0.2) is 5.75 Å². The minimum Gasteiger partial charge on any atom is -0.436 e. The van der Waals surface area contributed by atoms with E-state index < -0.39 is 0 Å². The summed E-state index contributed by atoms with van der Waals surface area (Å²) in [7, 11) is 0. The van der Waals surface area contributed by atoms with Crippen LogP contribution in [0.4, 0.5) is 0 Å². The molecule has 0 aliphatic heterocycles. The minimum absolute atomic E-state index is 0.0130. The molecule has 0 aromatic carbocycles. The number of nitrogens with zero attached hydrogens (tertiary/aromatic N) is 3. The van der Waals surface area contributed by atoms with Crippen molar-refractivity contribution in [3.05, 3.63) is 35.8 Å². The van der Waals surface area contributed by atoms with Crippen molar-refractivity contribution in [1.29, 1.82) is 0 Å². The Kier molecular flexibility index (Phi) is 4.74. The van der Waals surface area contributed by atoms with Gasteiger partial charge in [0, 0.05) is 17.8 Å². The zero-order valence-electron chi connectivity index (χ0n) is 12.2. The van der Waals surface area contributed by atoms with Crippen LogP contribution in [0.2, 0.25) is 0 Å². The molecule has 20 heavy (non-hydrogen) atoms. The Hall–Kier alpha value is -1.88. The Balaban J connectivity index is 2.20. The maximum Gasteiger partial charge on any atom is 0.219 e. The second kappa shape index (κ2) is 6.52. The lowest BCUT2D eigenvalue weighted by Crippen LogP contribution is -2.00. The Morgan fingerprint density at radius 1 is 1.35 bits per heavy atom. The first-order valence-electron chi connectivity index (χ1n) is 6.95. The Bertz CT molecular complexity index is 564. The molecule has 0 spiro atoms. The van der Waals surface area contributed by atoms with E-state index in [4.69, 9.17) is 4.74 Å². The van der Waals surface area contributed by atoms with Gasteiger partial charge in [0.25, 0.3) is 0 Å². The van der Waals surface area contributed by atoms with Crippen LogP contribution < -0.4 is 4.74 Å². The number of aliphatic hydroxyl groups excluding tert-OH is 1. The van der Waals surface area contributed by atoms with Crippen LogP contribution in [0.15, 0.2) is 24.5 Å². The van der Waals surface area contributed by atoms with Gasteiger partial charge in [-0.15, -0.1) is 0 Å². The maximum absolute atomic E-state index is 9.30. The van der Waals surface area contributed by atoms with Crippen LogP contribution in [0, 0.1) is 0 Å². The predicted octanol–water partition coefficient (Wildman–Crippen LogP) is 3.10. The minimum atomic E-state index is -0.0130. The monoisotopic (exact) mass is 275 g/mol. The number of rotatable bonds is 6. The first kappa shape index (κ1) is 14.5. The molecule has 0 saturated carbocycles.